The summed E-state index contributed by atoms with van der Waals surface area (Å²) in [6.45, 7) is 3.92. The van der Waals surface area contributed by atoms with Crippen LogP contribution in [0.15, 0.2) is 30.5 Å². The molecule has 0 aromatic carbocycles. The van der Waals surface area contributed by atoms with E-state index in [9.17, 15) is 4.79 Å². The molecule has 0 saturated heterocycles. The summed E-state index contributed by atoms with van der Waals surface area (Å²) in [7, 11) is 0. The number of carbonyl (C=O) groups is 1. The SMILES string of the molecule is Cc1cc(C)n(-c2ccc(C(=O)Nc3cc(C4CC5CCC4C5)[nH]n3)cn2)n1. The van der Waals surface area contributed by atoms with Crippen molar-refractivity contribution in [1.82, 2.24) is 25.0 Å². The molecule has 2 aliphatic carbocycles. The molecule has 0 radical (unpaired) electrons. The summed E-state index contributed by atoms with van der Waals surface area (Å²) in [4.78, 5) is 17.0. The molecule has 2 N–H and O–H groups in total. The van der Waals surface area contributed by atoms with Gasteiger partial charge in [0.15, 0.2) is 11.6 Å². The molecule has 7 nitrogen and oxygen atoms in total. The van der Waals surface area contributed by atoms with Crippen molar-refractivity contribution in [2.75, 3.05) is 5.32 Å². The molecule has 1 amide bonds. The average Bonchev–Trinajstić information content (AvgIpc) is 3.46. The minimum Gasteiger partial charge on any atom is -0.305 e. The van der Waals surface area contributed by atoms with Gasteiger partial charge in [-0.05, 0) is 63.1 Å². The fourth-order valence-electron chi connectivity index (χ4n) is 4.91. The van der Waals surface area contributed by atoms with Gasteiger partial charge in [0.1, 0.15) is 0 Å². The number of aromatic amines is 1. The van der Waals surface area contributed by atoms with Crippen molar-refractivity contribution in [3.05, 3.63) is 53.1 Å². The molecule has 0 aliphatic heterocycles. The molecular weight excluding hydrogens is 352 g/mol. The average molecular weight is 376 g/mol. The van der Waals surface area contributed by atoms with Gasteiger partial charge in [0, 0.05) is 29.6 Å². The number of H-pyrrole nitrogens is 1. The van der Waals surface area contributed by atoms with Crippen LogP contribution < -0.4 is 5.32 Å². The number of nitrogens with one attached hydrogen (secondary N) is 2. The first-order valence-electron chi connectivity index (χ1n) is 9.93. The molecule has 3 atom stereocenters. The van der Waals surface area contributed by atoms with E-state index in [1.807, 2.05) is 26.0 Å². The van der Waals surface area contributed by atoms with Crippen LogP contribution in [0, 0.1) is 25.7 Å². The lowest BCUT2D eigenvalue weighted by atomic mass is 9.86. The summed E-state index contributed by atoms with van der Waals surface area (Å²) >= 11 is 0. The number of anilines is 1. The molecule has 5 rings (SSSR count). The summed E-state index contributed by atoms with van der Waals surface area (Å²) in [6, 6.07) is 7.55. The molecule has 3 aromatic rings. The molecule has 144 valence electrons. The number of carbonyl (C=O) groups excluding carboxylic acids is 1. The third-order valence-electron chi connectivity index (χ3n) is 6.21. The Balaban J connectivity index is 1.28. The maximum atomic E-state index is 12.6. The Labute approximate surface area is 163 Å². The molecule has 3 aromatic heterocycles. The highest BCUT2D eigenvalue weighted by atomic mass is 16.1. The van der Waals surface area contributed by atoms with Gasteiger partial charge in [-0.2, -0.15) is 10.2 Å². The van der Waals surface area contributed by atoms with Crippen LogP contribution in [0.25, 0.3) is 5.82 Å². The third kappa shape index (κ3) is 3.00. The number of aromatic nitrogens is 5. The van der Waals surface area contributed by atoms with E-state index in [4.69, 9.17) is 0 Å². The second-order valence-electron chi connectivity index (χ2n) is 8.19. The van der Waals surface area contributed by atoms with Crippen LogP contribution >= 0.6 is 0 Å². The van der Waals surface area contributed by atoms with Crippen molar-refractivity contribution >= 4 is 11.7 Å². The molecule has 0 spiro atoms. The fourth-order valence-corrected chi connectivity index (χ4v) is 4.91. The number of amides is 1. The molecule has 2 fully saturated rings. The van der Waals surface area contributed by atoms with Crippen molar-refractivity contribution in [2.24, 2.45) is 11.8 Å². The maximum Gasteiger partial charge on any atom is 0.258 e. The first kappa shape index (κ1) is 17.2. The van der Waals surface area contributed by atoms with Gasteiger partial charge < -0.3 is 5.32 Å². The Morgan fingerprint density at radius 3 is 2.75 bits per heavy atom. The Bertz CT molecular complexity index is 1020. The van der Waals surface area contributed by atoms with Crippen molar-refractivity contribution in [1.29, 1.82) is 0 Å². The third-order valence-corrected chi connectivity index (χ3v) is 6.21. The van der Waals surface area contributed by atoms with Crippen molar-refractivity contribution < 1.29 is 4.79 Å². The number of fused-ring (bicyclic) bond motifs is 2. The van der Waals surface area contributed by atoms with Crippen molar-refractivity contribution in [3.63, 3.8) is 0 Å². The minimum atomic E-state index is -0.210. The number of hydrogen-bond acceptors (Lipinski definition) is 4. The minimum absolute atomic E-state index is 0.210. The number of hydrogen-bond donors (Lipinski definition) is 2. The van der Waals surface area contributed by atoms with Gasteiger partial charge in [-0.25, -0.2) is 9.67 Å². The van der Waals surface area contributed by atoms with Crippen LogP contribution in [0.3, 0.4) is 0 Å². The van der Waals surface area contributed by atoms with E-state index in [0.29, 0.717) is 23.1 Å². The van der Waals surface area contributed by atoms with Crippen LogP contribution in [0.5, 0.6) is 0 Å². The maximum absolute atomic E-state index is 12.6. The van der Waals surface area contributed by atoms with Crippen LogP contribution in [0.4, 0.5) is 5.82 Å². The highest BCUT2D eigenvalue weighted by Gasteiger charge is 2.40. The van der Waals surface area contributed by atoms with Gasteiger partial charge in [0.25, 0.3) is 5.91 Å². The van der Waals surface area contributed by atoms with Crippen LogP contribution in [-0.4, -0.2) is 30.9 Å². The van der Waals surface area contributed by atoms with Crippen molar-refractivity contribution in [2.45, 2.75) is 45.4 Å². The normalized spacial score (nSPS) is 23.3. The molecule has 2 saturated carbocycles. The quantitative estimate of drug-likeness (QED) is 0.725. The van der Waals surface area contributed by atoms with E-state index in [2.05, 4.69) is 25.6 Å². The molecule has 2 bridgehead atoms. The number of aryl methyl sites for hydroxylation is 2. The zero-order valence-electron chi connectivity index (χ0n) is 16.1. The van der Waals surface area contributed by atoms with E-state index in [0.717, 1.165) is 28.9 Å². The van der Waals surface area contributed by atoms with Gasteiger partial charge in [-0.1, -0.05) is 6.42 Å². The Morgan fingerprint density at radius 1 is 1.21 bits per heavy atom. The van der Waals surface area contributed by atoms with Gasteiger partial charge in [0.2, 0.25) is 0 Å². The number of nitrogens with zero attached hydrogens (tertiary/aromatic N) is 4. The first-order chi connectivity index (χ1) is 13.6. The van der Waals surface area contributed by atoms with Crippen LogP contribution in [-0.2, 0) is 0 Å². The Hall–Kier alpha value is -2.96. The van der Waals surface area contributed by atoms with E-state index >= 15 is 0 Å². The number of pyridine rings is 1. The van der Waals surface area contributed by atoms with E-state index in [-0.39, 0.29) is 5.91 Å². The molecule has 7 heteroatoms. The summed E-state index contributed by atoms with van der Waals surface area (Å²) in [6.07, 6.45) is 6.87. The Morgan fingerprint density at radius 2 is 2.11 bits per heavy atom. The van der Waals surface area contributed by atoms with E-state index in [1.54, 1.807) is 23.0 Å². The van der Waals surface area contributed by atoms with Gasteiger partial charge in [-0.3, -0.25) is 9.89 Å². The van der Waals surface area contributed by atoms with Crippen molar-refractivity contribution in [3.8, 4) is 5.82 Å². The predicted octanol–water partition coefficient (Wildman–Crippen LogP) is 3.76. The molecule has 3 heterocycles. The second-order valence-corrected chi connectivity index (χ2v) is 8.19. The molecule has 2 aliphatic rings. The van der Waals surface area contributed by atoms with Crippen LogP contribution in [0.2, 0.25) is 0 Å². The second kappa shape index (κ2) is 6.58. The highest BCUT2D eigenvalue weighted by molar-refractivity contribution is 6.03. The van der Waals surface area contributed by atoms with Gasteiger partial charge in [0.05, 0.1) is 11.3 Å². The summed E-state index contributed by atoms with van der Waals surface area (Å²) in [5.41, 5.74) is 3.59. The molecular formula is C21H24N6O. The van der Waals surface area contributed by atoms with E-state index < -0.39 is 0 Å². The zero-order valence-corrected chi connectivity index (χ0v) is 16.1. The summed E-state index contributed by atoms with van der Waals surface area (Å²) in [5, 5.41) is 14.7. The highest BCUT2D eigenvalue weighted by Crippen LogP contribution is 2.52. The molecule has 28 heavy (non-hydrogen) atoms. The van der Waals surface area contributed by atoms with E-state index in [1.165, 1.54) is 25.7 Å². The lowest BCUT2D eigenvalue weighted by Gasteiger charge is -2.19. The lowest BCUT2D eigenvalue weighted by Crippen LogP contribution is -2.13. The summed E-state index contributed by atoms with van der Waals surface area (Å²) < 4.78 is 1.77. The topological polar surface area (TPSA) is 88.5 Å². The monoisotopic (exact) mass is 376 g/mol. The molecule has 3 unspecified atom stereocenters. The zero-order chi connectivity index (χ0) is 19.3. The largest absolute Gasteiger partial charge is 0.305 e. The smallest absolute Gasteiger partial charge is 0.258 e. The predicted molar refractivity (Wildman–Crippen MR) is 106 cm³/mol. The van der Waals surface area contributed by atoms with Crippen LogP contribution in [0.1, 0.15) is 59.0 Å². The van der Waals surface area contributed by atoms with Gasteiger partial charge in [-0.15, -0.1) is 0 Å². The summed E-state index contributed by atoms with van der Waals surface area (Å²) in [5.74, 6) is 3.28. The lowest BCUT2D eigenvalue weighted by molar-refractivity contribution is 0.102. The fraction of sp³-hybridized carbons (Fsp3) is 0.429. The first-order valence-corrected chi connectivity index (χ1v) is 9.93. The van der Waals surface area contributed by atoms with Gasteiger partial charge >= 0.3 is 0 Å². The standard InChI is InChI=1S/C21H24N6O/c1-12-7-13(2)27(26-12)20-6-5-16(11-22-20)21(28)23-19-10-18(24-25-19)17-9-14-3-4-15(17)8-14/h5-7,10-11,14-15,17H,3-4,8-9H2,1-2H3,(H2,23,24,25,28). The number of rotatable bonds is 4. The Kier molecular flexibility index (Phi) is 4.03.